The predicted molar refractivity (Wildman–Crippen MR) is 70.0 cm³/mol. The van der Waals surface area contributed by atoms with Crippen LogP contribution in [-0.2, 0) is 6.42 Å². The smallest absolute Gasteiger partial charge is 0.0999 e. The summed E-state index contributed by atoms with van der Waals surface area (Å²) < 4.78 is 2.04. The van der Waals surface area contributed by atoms with Gasteiger partial charge in [0.2, 0.25) is 0 Å². The van der Waals surface area contributed by atoms with Crippen molar-refractivity contribution in [2.45, 2.75) is 13.3 Å². The first-order valence-electron chi connectivity index (χ1n) is 5.89. The molecule has 2 heteroatoms. The van der Waals surface area contributed by atoms with Gasteiger partial charge in [-0.3, -0.25) is 0 Å². The van der Waals surface area contributed by atoms with Crippen LogP contribution in [0.15, 0.2) is 55.0 Å². The Balaban J connectivity index is 2.13. The summed E-state index contributed by atoms with van der Waals surface area (Å²) >= 11 is 0. The minimum Gasteiger partial charge on any atom is -0.306 e. The van der Waals surface area contributed by atoms with Gasteiger partial charge in [-0.2, -0.15) is 0 Å². The van der Waals surface area contributed by atoms with Crippen molar-refractivity contribution in [2.24, 2.45) is 0 Å². The van der Waals surface area contributed by atoms with Gasteiger partial charge in [-0.1, -0.05) is 37.3 Å². The van der Waals surface area contributed by atoms with Gasteiger partial charge in [0, 0.05) is 11.8 Å². The van der Waals surface area contributed by atoms with E-state index in [2.05, 4.69) is 42.2 Å². The standard InChI is InChI=1S/C15H14N2/c1-2-12-6-8-13(9-7-12)15-14-5-3-4-10-17(14)11-16-15/h3-11H,2H2,1H3. The Morgan fingerprint density at radius 2 is 1.88 bits per heavy atom. The first-order valence-corrected chi connectivity index (χ1v) is 5.89. The number of nitrogens with zero attached hydrogens (tertiary/aromatic N) is 2. The molecule has 2 nitrogen and oxygen atoms in total. The van der Waals surface area contributed by atoms with E-state index >= 15 is 0 Å². The van der Waals surface area contributed by atoms with Gasteiger partial charge < -0.3 is 4.40 Å². The van der Waals surface area contributed by atoms with E-state index in [0.717, 1.165) is 17.6 Å². The van der Waals surface area contributed by atoms with Gasteiger partial charge in [0.25, 0.3) is 0 Å². The maximum atomic E-state index is 4.48. The van der Waals surface area contributed by atoms with Crippen molar-refractivity contribution in [2.75, 3.05) is 0 Å². The van der Waals surface area contributed by atoms with Crippen LogP contribution in [0.25, 0.3) is 16.8 Å². The zero-order chi connectivity index (χ0) is 11.7. The van der Waals surface area contributed by atoms with E-state index in [1.165, 1.54) is 11.1 Å². The Bertz CT molecular complexity index is 635. The molecule has 0 unspecified atom stereocenters. The fourth-order valence-electron chi connectivity index (χ4n) is 2.06. The summed E-state index contributed by atoms with van der Waals surface area (Å²) in [6.07, 6.45) is 4.95. The molecule has 0 aliphatic rings. The van der Waals surface area contributed by atoms with Crippen LogP contribution in [0.2, 0.25) is 0 Å². The number of hydrogen-bond acceptors (Lipinski definition) is 1. The predicted octanol–water partition coefficient (Wildman–Crippen LogP) is 3.56. The van der Waals surface area contributed by atoms with Crippen LogP contribution in [0.1, 0.15) is 12.5 Å². The van der Waals surface area contributed by atoms with Crippen LogP contribution in [0.5, 0.6) is 0 Å². The average Bonchev–Trinajstić information content (AvgIpc) is 2.83. The van der Waals surface area contributed by atoms with E-state index in [4.69, 9.17) is 0 Å². The highest BCUT2D eigenvalue weighted by atomic mass is 15.0. The molecule has 0 atom stereocenters. The highest BCUT2D eigenvalue weighted by Crippen LogP contribution is 2.23. The van der Waals surface area contributed by atoms with E-state index in [0.29, 0.717) is 0 Å². The molecule has 0 aliphatic carbocycles. The average molecular weight is 222 g/mol. The normalized spacial score (nSPS) is 10.9. The molecular formula is C15H14N2. The first kappa shape index (κ1) is 10.1. The van der Waals surface area contributed by atoms with Crippen molar-refractivity contribution in [3.63, 3.8) is 0 Å². The number of aryl methyl sites for hydroxylation is 1. The third-order valence-corrected chi connectivity index (χ3v) is 3.08. The quantitative estimate of drug-likeness (QED) is 0.648. The van der Waals surface area contributed by atoms with E-state index in [1.807, 2.05) is 29.1 Å². The molecule has 0 spiro atoms. The Kier molecular flexibility index (Phi) is 2.41. The molecule has 2 aromatic heterocycles. The zero-order valence-corrected chi connectivity index (χ0v) is 9.80. The summed E-state index contributed by atoms with van der Waals surface area (Å²) in [5, 5.41) is 0. The Morgan fingerprint density at radius 1 is 1.06 bits per heavy atom. The topological polar surface area (TPSA) is 17.3 Å². The lowest BCUT2D eigenvalue weighted by atomic mass is 10.1. The molecule has 3 rings (SSSR count). The van der Waals surface area contributed by atoms with Gasteiger partial charge in [0.1, 0.15) is 0 Å². The fraction of sp³-hybridized carbons (Fsp3) is 0.133. The third kappa shape index (κ3) is 1.72. The number of benzene rings is 1. The summed E-state index contributed by atoms with van der Waals surface area (Å²) in [7, 11) is 0. The largest absolute Gasteiger partial charge is 0.306 e. The van der Waals surface area contributed by atoms with Crippen LogP contribution < -0.4 is 0 Å². The minimum atomic E-state index is 1.05. The lowest BCUT2D eigenvalue weighted by Gasteiger charge is -2.01. The maximum absolute atomic E-state index is 4.48. The van der Waals surface area contributed by atoms with Gasteiger partial charge >= 0.3 is 0 Å². The third-order valence-electron chi connectivity index (χ3n) is 3.08. The van der Waals surface area contributed by atoms with Crippen LogP contribution in [0.4, 0.5) is 0 Å². The second-order valence-electron chi connectivity index (χ2n) is 4.14. The SMILES string of the molecule is CCc1ccc(-c2ncn3ccccc23)cc1. The van der Waals surface area contributed by atoms with Crippen molar-refractivity contribution in [1.29, 1.82) is 0 Å². The second-order valence-corrected chi connectivity index (χ2v) is 4.14. The fourth-order valence-corrected chi connectivity index (χ4v) is 2.06. The number of fused-ring (bicyclic) bond motifs is 1. The van der Waals surface area contributed by atoms with Crippen molar-refractivity contribution < 1.29 is 0 Å². The van der Waals surface area contributed by atoms with E-state index in [9.17, 15) is 0 Å². The minimum absolute atomic E-state index is 1.05. The number of hydrogen-bond donors (Lipinski definition) is 0. The molecule has 0 fully saturated rings. The molecule has 84 valence electrons. The van der Waals surface area contributed by atoms with Crippen molar-refractivity contribution in [3.8, 4) is 11.3 Å². The van der Waals surface area contributed by atoms with Gasteiger partial charge in [0.05, 0.1) is 17.5 Å². The molecular weight excluding hydrogens is 208 g/mol. The molecule has 0 bridgehead atoms. The second kappa shape index (κ2) is 4.06. The summed E-state index contributed by atoms with van der Waals surface area (Å²) in [6.45, 7) is 2.17. The first-order chi connectivity index (χ1) is 8.38. The zero-order valence-electron chi connectivity index (χ0n) is 9.80. The summed E-state index contributed by atoms with van der Waals surface area (Å²) in [5.41, 5.74) is 4.73. The number of imidazole rings is 1. The molecule has 0 radical (unpaired) electrons. The van der Waals surface area contributed by atoms with Crippen LogP contribution >= 0.6 is 0 Å². The molecule has 1 aromatic carbocycles. The molecule has 0 amide bonds. The van der Waals surface area contributed by atoms with E-state index in [1.54, 1.807) is 0 Å². The summed E-state index contributed by atoms with van der Waals surface area (Å²) in [5.74, 6) is 0. The van der Waals surface area contributed by atoms with Crippen molar-refractivity contribution >= 4 is 5.52 Å². The van der Waals surface area contributed by atoms with Crippen LogP contribution in [0, 0.1) is 0 Å². The highest BCUT2D eigenvalue weighted by molar-refractivity contribution is 5.77. The molecule has 0 saturated heterocycles. The summed E-state index contributed by atoms with van der Waals surface area (Å²) in [4.78, 5) is 4.48. The van der Waals surface area contributed by atoms with Gasteiger partial charge in [-0.15, -0.1) is 0 Å². The lowest BCUT2D eigenvalue weighted by molar-refractivity contribution is 1.14. The number of rotatable bonds is 2. The molecule has 0 aliphatic heterocycles. The molecule has 0 N–H and O–H groups in total. The van der Waals surface area contributed by atoms with E-state index < -0.39 is 0 Å². The van der Waals surface area contributed by atoms with Gasteiger partial charge in [-0.05, 0) is 24.1 Å². The molecule has 3 aromatic rings. The summed E-state index contributed by atoms with van der Waals surface area (Å²) in [6, 6.07) is 14.8. The monoisotopic (exact) mass is 222 g/mol. The van der Waals surface area contributed by atoms with Gasteiger partial charge in [0.15, 0.2) is 0 Å². The van der Waals surface area contributed by atoms with E-state index in [-0.39, 0.29) is 0 Å². The number of pyridine rings is 1. The van der Waals surface area contributed by atoms with Gasteiger partial charge in [-0.25, -0.2) is 4.98 Å². The van der Waals surface area contributed by atoms with Crippen LogP contribution in [0.3, 0.4) is 0 Å². The highest BCUT2D eigenvalue weighted by Gasteiger charge is 2.05. The molecule has 17 heavy (non-hydrogen) atoms. The molecule has 2 heterocycles. The Labute approximate surface area is 101 Å². The maximum Gasteiger partial charge on any atom is 0.0999 e. The number of aromatic nitrogens is 2. The Hall–Kier alpha value is -2.09. The Morgan fingerprint density at radius 3 is 2.65 bits per heavy atom. The van der Waals surface area contributed by atoms with Crippen molar-refractivity contribution in [1.82, 2.24) is 9.38 Å². The lowest BCUT2D eigenvalue weighted by Crippen LogP contribution is -1.83. The molecule has 0 saturated carbocycles. The van der Waals surface area contributed by atoms with Crippen molar-refractivity contribution in [3.05, 3.63) is 60.6 Å². The van der Waals surface area contributed by atoms with Crippen LogP contribution in [-0.4, -0.2) is 9.38 Å².